The highest BCUT2D eigenvalue weighted by molar-refractivity contribution is 8.13. The van der Waals surface area contributed by atoms with E-state index in [0.717, 1.165) is 18.4 Å². The van der Waals surface area contributed by atoms with Gasteiger partial charge in [-0.05, 0) is 30.5 Å². The first-order valence-electron chi connectivity index (χ1n) is 6.28. The number of hydrogen-bond acceptors (Lipinski definition) is 5. The SMILES string of the molecule is CCCn1c(CCc2ccncc2)nnc1S(=O)(=O)Cl. The van der Waals surface area contributed by atoms with Gasteiger partial charge in [-0.2, -0.15) is 0 Å². The van der Waals surface area contributed by atoms with Crippen molar-refractivity contribution in [1.29, 1.82) is 0 Å². The van der Waals surface area contributed by atoms with Crippen molar-refractivity contribution in [3.8, 4) is 0 Å². The summed E-state index contributed by atoms with van der Waals surface area (Å²) in [6, 6.07) is 3.83. The van der Waals surface area contributed by atoms with E-state index in [-0.39, 0.29) is 5.16 Å². The molecule has 0 radical (unpaired) electrons. The van der Waals surface area contributed by atoms with Gasteiger partial charge in [-0.15, -0.1) is 10.2 Å². The quantitative estimate of drug-likeness (QED) is 0.760. The lowest BCUT2D eigenvalue weighted by Gasteiger charge is -2.07. The van der Waals surface area contributed by atoms with E-state index in [0.29, 0.717) is 18.8 Å². The zero-order valence-corrected chi connectivity index (χ0v) is 12.6. The van der Waals surface area contributed by atoms with E-state index >= 15 is 0 Å². The third-order valence-electron chi connectivity index (χ3n) is 2.85. The topological polar surface area (TPSA) is 77.7 Å². The van der Waals surface area contributed by atoms with E-state index in [1.807, 2.05) is 19.1 Å². The van der Waals surface area contributed by atoms with Crippen LogP contribution in [0.5, 0.6) is 0 Å². The maximum Gasteiger partial charge on any atom is 0.296 e. The molecule has 0 aromatic carbocycles. The van der Waals surface area contributed by atoms with Crippen molar-refractivity contribution in [2.45, 2.75) is 37.9 Å². The van der Waals surface area contributed by atoms with Crippen LogP contribution in [0.2, 0.25) is 0 Å². The molecule has 0 amide bonds. The predicted octanol–water partition coefficient (Wildman–Crippen LogP) is 1.80. The van der Waals surface area contributed by atoms with Crippen LogP contribution in [0, 0.1) is 0 Å². The van der Waals surface area contributed by atoms with Gasteiger partial charge in [0.2, 0.25) is 0 Å². The molecular weight excluding hydrogens is 300 g/mol. The number of rotatable bonds is 6. The molecule has 0 saturated carbocycles. The highest BCUT2D eigenvalue weighted by Gasteiger charge is 2.21. The minimum atomic E-state index is -3.87. The molecule has 0 fully saturated rings. The van der Waals surface area contributed by atoms with E-state index < -0.39 is 9.05 Å². The van der Waals surface area contributed by atoms with Crippen LogP contribution in [0.15, 0.2) is 29.7 Å². The molecule has 2 aromatic heterocycles. The normalized spacial score (nSPS) is 11.7. The molecule has 6 nitrogen and oxygen atoms in total. The molecule has 2 heterocycles. The summed E-state index contributed by atoms with van der Waals surface area (Å²) in [6.45, 7) is 2.48. The number of nitrogens with zero attached hydrogens (tertiary/aromatic N) is 4. The van der Waals surface area contributed by atoms with Gasteiger partial charge in [0.1, 0.15) is 5.82 Å². The average molecular weight is 315 g/mol. The Hall–Kier alpha value is -1.47. The lowest BCUT2D eigenvalue weighted by molar-refractivity contribution is 0.554. The summed E-state index contributed by atoms with van der Waals surface area (Å²) in [5.41, 5.74) is 1.11. The molecule has 0 aliphatic heterocycles. The lowest BCUT2D eigenvalue weighted by Crippen LogP contribution is -2.10. The molecule has 0 saturated heterocycles. The van der Waals surface area contributed by atoms with Gasteiger partial charge in [0.25, 0.3) is 14.2 Å². The fourth-order valence-corrected chi connectivity index (χ4v) is 2.88. The van der Waals surface area contributed by atoms with Gasteiger partial charge in [-0.25, -0.2) is 8.42 Å². The van der Waals surface area contributed by atoms with E-state index in [9.17, 15) is 8.42 Å². The standard InChI is InChI=1S/C12H15ClN4O2S/c1-2-9-17-11(15-16-12(17)20(13,18)19)4-3-10-5-7-14-8-6-10/h5-8H,2-4,9H2,1H3. The molecule has 0 bridgehead atoms. The van der Waals surface area contributed by atoms with Crippen molar-refractivity contribution in [1.82, 2.24) is 19.7 Å². The van der Waals surface area contributed by atoms with Crippen molar-refractivity contribution in [2.24, 2.45) is 0 Å². The molecule has 0 aliphatic carbocycles. The molecule has 2 aromatic rings. The highest BCUT2D eigenvalue weighted by Crippen LogP contribution is 2.16. The van der Waals surface area contributed by atoms with Crippen molar-refractivity contribution in [2.75, 3.05) is 0 Å². The van der Waals surface area contributed by atoms with Crippen molar-refractivity contribution >= 4 is 19.7 Å². The van der Waals surface area contributed by atoms with E-state index in [1.54, 1.807) is 17.0 Å². The number of pyridine rings is 1. The summed E-state index contributed by atoms with van der Waals surface area (Å²) >= 11 is 0. The van der Waals surface area contributed by atoms with Crippen LogP contribution in [0.4, 0.5) is 0 Å². The summed E-state index contributed by atoms with van der Waals surface area (Å²) in [7, 11) is 1.50. The van der Waals surface area contributed by atoms with Gasteiger partial charge in [-0.1, -0.05) is 6.92 Å². The molecular formula is C12H15ClN4O2S. The summed E-state index contributed by atoms with van der Waals surface area (Å²) in [5.74, 6) is 0.628. The minimum Gasteiger partial charge on any atom is -0.301 e. The second-order valence-corrected chi connectivity index (χ2v) is 6.80. The molecule has 2 rings (SSSR count). The highest BCUT2D eigenvalue weighted by atomic mass is 35.7. The predicted molar refractivity (Wildman–Crippen MR) is 75.0 cm³/mol. The van der Waals surface area contributed by atoms with Crippen LogP contribution in [0.25, 0.3) is 0 Å². The van der Waals surface area contributed by atoms with Gasteiger partial charge < -0.3 is 4.57 Å². The summed E-state index contributed by atoms with van der Waals surface area (Å²) in [4.78, 5) is 3.95. The first kappa shape index (κ1) is 14.9. The number of aromatic nitrogens is 4. The van der Waals surface area contributed by atoms with Crippen LogP contribution < -0.4 is 0 Å². The average Bonchev–Trinajstić information content (AvgIpc) is 2.81. The fourth-order valence-electron chi connectivity index (χ4n) is 1.94. The zero-order valence-electron chi connectivity index (χ0n) is 11.0. The molecule has 0 atom stereocenters. The molecule has 8 heteroatoms. The fraction of sp³-hybridized carbons (Fsp3) is 0.417. The van der Waals surface area contributed by atoms with Gasteiger partial charge >= 0.3 is 0 Å². The summed E-state index contributed by atoms with van der Waals surface area (Å²) < 4.78 is 24.5. The van der Waals surface area contributed by atoms with Crippen molar-refractivity contribution in [3.63, 3.8) is 0 Å². The first-order chi connectivity index (χ1) is 9.52. The third kappa shape index (κ3) is 3.55. The van der Waals surface area contributed by atoms with Crippen LogP contribution in [-0.2, 0) is 28.4 Å². The Morgan fingerprint density at radius 3 is 2.50 bits per heavy atom. The Morgan fingerprint density at radius 1 is 1.20 bits per heavy atom. The number of halogens is 1. The maximum atomic E-state index is 11.4. The molecule has 0 spiro atoms. The van der Waals surface area contributed by atoms with Crippen molar-refractivity contribution in [3.05, 3.63) is 35.9 Å². The molecule has 0 aliphatic rings. The Labute approximate surface area is 122 Å². The summed E-state index contributed by atoms with van der Waals surface area (Å²) in [6.07, 6.45) is 5.57. The molecule has 0 unspecified atom stereocenters. The smallest absolute Gasteiger partial charge is 0.296 e. The Balaban J connectivity index is 2.22. The zero-order chi connectivity index (χ0) is 14.6. The monoisotopic (exact) mass is 314 g/mol. The number of hydrogen-bond donors (Lipinski definition) is 0. The van der Waals surface area contributed by atoms with Crippen LogP contribution in [-0.4, -0.2) is 28.2 Å². The van der Waals surface area contributed by atoms with E-state index in [1.165, 1.54) is 0 Å². The molecule has 0 N–H and O–H groups in total. The van der Waals surface area contributed by atoms with Gasteiger partial charge in [0, 0.05) is 36.0 Å². The molecule has 20 heavy (non-hydrogen) atoms. The van der Waals surface area contributed by atoms with Gasteiger partial charge in [-0.3, -0.25) is 4.98 Å². The van der Waals surface area contributed by atoms with Crippen molar-refractivity contribution < 1.29 is 8.42 Å². The third-order valence-corrected chi connectivity index (χ3v) is 4.00. The van der Waals surface area contributed by atoms with Crippen LogP contribution >= 0.6 is 10.7 Å². The molecule has 108 valence electrons. The minimum absolute atomic E-state index is 0.175. The van der Waals surface area contributed by atoms with E-state index in [4.69, 9.17) is 10.7 Å². The first-order valence-corrected chi connectivity index (χ1v) is 8.59. The van der Waals surface area contributed by atoms with E-state index in [2.05, 4.69) is 15.2 Å². The Kier molecular flexibility index (Phi) is 4.72. The van der Waals surface area contributed by atoms with Crippen LogP contribution in [0.3, 0.4) is 0 Å². The largest absolute Gasteiger partial charge is 0.301 e. The Bertz CT molecular complexity index is 670. The van der Waals surface area contributed by atoms with Gasteiger partial charge in [0.05, 0.1) is 0 Å². The summed E-state index contributed by atoms with van der Waals surface area (Å²) in [5, 5.41) is 7.47. The van der Waals surface area contributed by atoms with Crippen LogP contribution in [0.1, 0.15) is 24.7 Å². The van der Waals surface area contributed by atoms with Gasteiger partial charge in [0.15, 0.2) is 0 Å². The second kappa shape index (κ2) is 6.32. The number of aryl methyl sites for hydroxylation is 2. The second-order valence-electron chi connectivity index (χ2n) is 4.34. The maximum absolute atomic E-state index is 11.4. The lowest BCUT2D eigenvalue weighted by atomic mass is 10.1. The Morgan fingerprint density at radius 2 is 1.90 bits per heavy atom.